The molecule has 0 radical (unpaired) electrons. The predicted molar refractivity (Wildman–Crippen MR) is 92.2 cm³/mol. The third-order valence-corrected chi connectivity index (χ3v) is 3.03. The first kappa shape index (κ1) is 17.7. The number of nitrogens with zero attached hydrogens (tertiary/aromatic N) is 3. The number of nitrogens with one attached hydrogen (secondary N) is 2. The van der Waals surface area contributed by atoms with Crippen molar-refractivity contribution < 1.29 is 15.1 Å². The third-order valence-electron chi connectivity index (χ3n) is 3.03. The lowest BCUT2D eigenvalue weighted by molar-refractivity contribution is 0.101. The molecule has 8 heteroatoms. The number of rotatable bonds is 4. The normalized spacial score (nSPS) is 9.60. The maximum atomic E-state index is 12.2. The fraction of sp³-hybridized carbons (Fsp3) is 0. The van der Waals surface area contributed by atoms with E-state index in [-0.39, 0.29) is 16.9 Å². The molecule has 3 heterocycles. The van der Waals surface area contributed by atoms with Crippen LogP contribution in [0.5, 0.6) is 0 Å². The van der Waals surface area contributed by atoms with Crippen molar-refractivity contribution in [2.45, 2.75) is 0 Å². The van der Waals surface area contributed by atoms with Gasteiger partial charge in [0.2, 0.25) is 0 Å². The van der Waals surface area contributed by atoms with E-state index in [0.29, 0.717) is 11.6 Å². The molecule has 0 aliphatic heterocycles. The van der Waals surface area contributed by atoms with Crippen molar-refractivity contribution in [3.8, 4) is 0 Å². The van der Waals surface area contributed by atoms with Crippen LogP contribution in [0.3, 0.4) is 0 Å². The average Bonchev–Trinajstić information content (AvgIpc) is 2.63. The predicted octanol–water partition coefficient (Wildman–Crippen LogP) is 1.55. The summed E-state index contributed by atoms with van der Waals surface area (Å²) in [5, 5.41) is 5.23. The third kappa shape index (κ3) is 4.66. The molecule has 0 atom stereocenters. The molecule has 0 saturated heterocycles. The Hall–Kier alpha value is -3.65. The second-order valence-corrected chi connectivity index (χ2v) is 4.75. The molecule has 0 bridgehead atoms. The van der Waals surface area contributed by atoms with E-state index in [1.807, 2.05) is 0 Å². The Morgan fingerprint density at radius 2 is 1.16 bits per heavy atom. The molecule has 8 nitrogen and oxygen atoms in total. The number of hydrogen-bond acceptors (Lipinski definition) is 5. The van der Waals surface area contributed by atoms with Crippen LogP contribution < -0.4 is 10.6 Å². The first-order valence-corrected chi connectivity index (χ1v) is 7.14. The van der Waals surface area contributed by atoms with Gasteiger partial charge in [-0.1, -0.05) is 18.2 Å². The summed E-state index contributed by atoms with van der Waals surface area (Å²) in [4.78, 5) is 36.5. The smallest absolute Gasteiger partial charge is 0.275 e. The molecule has 0 aliphatic rings. The Balaban J connectivity index is 0.00000225. The highest BCUT2D eigenvalue weighted by atomic mass is 16.2. The molecule has 3 aromatic heterocycles. The highest BCUT2D eigenvalue weighted by Crippen LogP contribution is 2.07. The van der Waals surface area contributed by atoms with Crippen LogP contribution in [0.1, 0.15) is 21.0 Å². The van der Waals surface area contributed by atoms with Gasteiger partial charge in [-0.05, 0) is 36.4 Å². The second-order valence-electron chi connectivity index (χ2n) is 4.75. The first-order chi connectivity index (χ1) is 11.7. The van der Waals surface area contributed by atoms with Crippen LogP contribution in [0.15, 0.2) is 67.0 Å². The van der Waals surface area contributed by atoms with Gasteiger partial charge in [0.1, 0.15) is 23.0 Å². The number of carbonyl (C=O) groups is 2. The molecule has 0 aromatic carbocycles. The zero-order valence-electron chi connectivity index (χ0n) is 13.0. The van der Waals surface area contributed by atoms with E-state index < -0.39 is 11.8 Å². The van der Waals surface area contributed by atoms with Crippen molar-refractivity contribution in [2.24, 2.45) is 0 Å². The highest BCUT2D eigenvalue weighted by Gasteiger charge is 2.13. The molecular formula is C17H15N5O3. The molecule has 3 rings (SSSR count). The Morgan fingerprint density at radius 3 is 1.56 bits per heavy atom. The summed E-state index contributed by atoms with van der Waals surface area (Å²) in [7, 11) is 0. The minimum atomic E-state index is -0.443. The minimum Gasteiger partial charge on any atom is -0.412 e. The minimum absolute atomic E-state index is 0. The van der Waals surface area contributed by atoms with Crippen LogP contribution in [-0.2, 0) is 0 Å². The van der Waals surface area contributed by atoms with E-state index in [1.165, 1.54) is 12.1 Å². The van der Waals surface area contributed by atoms with Gasteiger partial charge in [-0.15, -0.1) is 0 Å². The van der Waals surface area contributed by atoms with Crippen LogP contribution in [0.4, 0.5) is 11.6 Å². The Kier molecular flexibility index (Phi) is 5.86. The zero-order valence-corrected chi connectivity index (χ0v) is 13.0. The summed E-state index contributed by atoms with van der Waals surface area (Å²) in [6.07, 6.45) is 3.14. The van der Waals surface area contributed by atoms with Crippen molar-refractivity contribution in [3.05, 3.63) is 78.4 Å². The van der Waals surface area contributed by atoms with Crippen LogP contribution in [0.25, 0.3) is 0 Å². The van der Waals surface area contributed by atoms with Gasteiger partial charge >= 0.3 is 0 Å². The fourth-order valence-electron chi connectivity index (χ4n) is 1.92. The molecule has 4 N–H and O–H groups in total. The van der Waals surface area contributed by atoms with Gasteiger partial charge in [-0.2, -0.15) is 0 Å². The summed E-state index contributed by atoms with van der Waals surface area (Å²) < 4.78 is 0. The second kappa shape index (κ2) is 8.27. The number of amides is 2. The topological polar surface area (TPSA) is 128 Å². The monoisotopic (exact) mass is 337 g/mol. The van der Waals surface area contributed by atoms with Crippen molar-refractivity contribution in [3.63, 3.8) is 0 Å². The summed E-state index contributed by atoms with van der Waals surface area (Å²) in [6.45, 7) is 0. The molecule has 126 valence electrons. The quantitative estimate of drug-likeness (QED) is 0.746. The van der Waals surface area contributed by atoms with E-state index in [0.717, 1.165) is 0 Å². The molecule has 0 aliphatic carbocycles. The van der Waals surface area contributed by atoms with E-state index in [1.54, 1.807) is 54.9 Å². The van der Waals surface area contributed by atoms with Crippen molar-refractivity contribution in [1.82, 2.24) is 15.0 Å². The fourth-order valence-corrected chi connectivity index (χ4v) is 1.92. The Morgan fingerprint density at radius 1 is 0.680 bits per heavy atom. The lowest BCUT2D eigenvalue weighted by Crippen LogP contribution is -2.19. The largest absolute Gasteiger partial charge is 0.412 e. The number of hydrogen-bond donors (Lipinski definition) is 2. The van der Waals surface area contributed by atoms with Gasteiger partial charge in [0.05, 0.1) is 0 Å². The summed E-state index contributed by atoms with van der Waals surface area (Å²) in [6, 6.07) is 15.0. The summed E-state index contributed by atoms with van der Waals surface area (Å²) in [5.41, 5.74) is 0.239. The van der Waals surface area contributed by atoms with Crippen molar-refractivity contribution >= 4 is 23.5 Å². The molecule has 25 heavy (non-hydrogen) atoms. The van der Waals surface area contributed by atoms with Gasteiger partial charge in [-0.25, -0.2) is 15.0 Å². The molecule has 0 spiro atoms. The van der Waals surface area contributed by atoms with E-state index >= 15 is 0 Å². The maximum Gasteiger partial charge on any atom is 0.275 e. The van der Waals surface area contributed by atoms with E-state index in [4.69, 9.17) is 0 Å². The SMILES string of the molecule is O.O=C(Nc1ccccn1)c1cccc(C(=O)Nc2ccccn2)n1. The van der Waals surface area contributed by atoms with Crippen LogP contribution in [0.2, 0.25) is 0 Å². The zero-order chi connectivity index (χ0) is 16.8. The van der Waals surface area contributed by atoms with Gasteiger partial charge in [0.15, 0.2) is 0 Å². The molecule has 0 fully saturated rings. The Labute approximate surface area is 143 Å². The molecular weight excluding hydrogens is 322 g/mol. The average molecular weight is 337 g/mol. The van der Waals surface area contributed by atoms with Crippen LogP contribution in [0, 0.1) is 0 Å². The standard InChI is InChI=1S/C17H13N5O2.H2O/c23-16(21-14-8-1-3-10-18-14)12-6-5-7-13(20-12)17(24)22-15-9-2-4-11-19-15;/h1-11H,(H,18,21,23)(H,19,22,24);1H2. The van der Waals surface area contributed by atoms with E-state index in [9.17, 15) is 9.59 Å². The van der Waals surface area contributed by atoms with Gasteiger partial charge < -0.3 is 16.1 Å². The Bertz CT molecular complexity index is 788. The van der Waals surface area contributed by atoms with Crippen LogP contribution in [-0.4, -0.2) is 32.2 Å². The van der Waals surface area contributed by atoms with Gasteiger partial charge in [-0.3, -0.25) is 9.59 Å². The maximum absolute atomic E-state index is 12.2. The molecule has 3 aromatic rings. The van der Waals surface area contributed by atoms with Gasteiger partial charge in [0, 0.05) is 12.4 Å². The number of aromatic nitrogens is 3. The molecule has 2 amide bonds. The molecule has 0 saturated carbocycles. The van der Waals surface area contributed by atoms with Gasteiger partial charge in [0.25, 0.3) is 11.8 Å². The number of carbonyl (C=O) groups excluding carboxylic acids is 2. The summed E-state index contributed by atoms with van der Waals surface area (Å²) >= 11 is 0. The van der Waals surface area contributed by atoms with E-state index in [2.05, 4.69) is 25.6 Å². The highest BCUT2D eigenvalue weighted by molar-refractivity contribution is 6.05. The van der Waals surface area contributed by atoms with Crippen LogP contribution >= 0.6 is 0 Å². The van der Waals surface area contributed by atoms with Crippen molar-refractivity contribution in [2.75, 3.05) is 10.6 Å². The van der Waals surface area contributed by atoms with Crippen molar-refractivity contribution in [1.29, 1.82) is 0 Å². The number of anilines is 2. The first-order valence-electron chi connectivity index (χ1n) is 7.14. The lowest BCUT2D eigenvalue weighted by Gasteiger charge is -2.06. The lowest BCUT2D eigenvalue weighted by atomic mass is 10.2. The number of pyridine rings is 3. The summed E-state index contributed by atoms with van der Waals surface area (Å²) in [5.74, 6) is -0.0670. The molecule has 0 unspecified atom stereocenters.